The number of anilines is 1. The van der Waals surface area contributed by atoms with E-state index in [1.807, 2.05) is 65.2 Å². The summed E-state index contributed by atoms with van der Waals surface area (Å²) < 4.78 is 15.4. The molecule has 3 aromatic carbocycles. The molecule has 0 aliphatic rings. The van der Waals surface area contributed by atoms with Gasteiger partial charge in [-0.1, -0.05) is 60.3 Å². The van der Waals surface area contributed by atoms with Gasteiger partial charge in [-0.05, 0) is 29.8 Å². The molecule has 0 saturated carbocycles. The van der Waals surface area contributed by atoms with Crippen molar-refractivity contribution >= 4 is 29.0 Å². The van der Waals surface area contributed by atoms with Gasteiger partial charge < -0.3 is 5.32 Å². The number of benzene rings is 3. The number of nitro benzene ring substituents is 1. The van der Waals surface area contributed by atoms with Crippen LogP contribution in [0.5, 0.6) is 0 Å². The molecular formula is C23H18FN5O3S. The van der Waals surface area contributed by atoms with E-state index < -0.39 is 22.3 Å². The average Bonchev–Trinajstić information content (AvgIpc) is 3.22. The van der Waals surface area contributed by atoms with Crippen LogP contribution in [0.4, 0.5) is 15.8 Å². The highest BCUT2D eigenvalue weighted by Gasteiger charge is 2.18. The summed E-state index contributed by atoms with van der Waals surface area (Å²) in [6.07, 6.45) is 0.564. The number of para-hydroxylation sites is 1. The minimum atomic E-state index is -0.964. The molecule has 1 amide bonds. The van der Waals surface area contributed by atoms with Crippen molar-refractivity contribution in [1.82, 2.24) is 14.8 Å². The summed E-state index contributed by atoms with van der Waals surface area (Å²) in [6, 6.07) is 22.7. The minimum absolute atomic E-state index is 0.0124. The second-order valence-corrected chi connectivity index (χ2v) is 7.93. The molecule has 0 aliphatic heterocycles. The van der Waals surface area contributed by atoms with Crippen molar-refractivity contribution in [3.63, 3.8) is 0 Å². The molecule has 1 heterocycles. The Morgan fingerprint density at radius 2 is 1.73 bits per heavy atom. The lowest BCUT2D eigenvalue weighted by Gasteiger charge is -2.10. The second kappa shape index (κ2) is 10.0. The monoisotopic (exact) mass is 463 g/mol. The van der Waals surface area contributed by atoms with Crippen LogP contribution in [-0.2, 0) is 11.2 Å². The fourth-order valence-electron chi connectivity index (χ4n) is 3.18. The van der Waals surface area contributed by atoms with Gasteiger partial charge in [0, 0.05) is 23.9 Å². The van der Waals surface area contributed by atoms with Crippen LogP contribution in [0, 0.1) is 15.9 Å². The van der Waals surface area contributed by atoms with Gasteiger partial charge in [0.15, 0.2) is 5.16 Å². The lowest BCUT2D eigenvalue weighted by Crippen LogP contribution is -2.15. The van der Waals surface area contributed by atoms with Gasteiger partial charge in [-0.25, -0.2) is 0 Å². The Balaban J connectivity index is 1.51. The lowest BCUT2D eigenvalue weighted by atomic mass is 10.1. The van der Waals surface area contributed by atoms with Gasteiger partial charge in [-0.3, -0.25) is 19.5 Å². The summed E-state index contributed by atoms with van der Waals surface area (Å²) in [5.41, 5.74) is 1.39. The van der Waals surface area contributed by atoms with E-state index in [0.29, 0.717) is 11.6 Å². The molecule has 0 aliphatic carbocycles. The number of halogens is 1. The van der Waals surface area contributed by atoms with Gasteiger partial charge in [0.05, 0.1) is 10.7 Å². The Bertz CT molecular complexity index is 1280. The zero-order chi connectivity index (χ0) is 23.2. The van der Waals surface area contributed by atoms with E-state index in [4.69, 9.17) is 0 Å². The summed E-state index contributed by atoms with van der Waals surface area (Å²) in [5.74, 6) is -0.659. The summed E-state index contributed by atoms with van der Waals surface area (Å²) in [6.45, 7) is 0. The van der Waals surface area contributed by atoms with E-state index in [9.17, 15) is 19.3 Å². The van der Waals surface area contributed by atoms with Gasteiger partial charge in [0.25, 0.3) is 0 Å². The number of hydrogen-bond donors (Lipinski definition) is 1. The maximum absolute atomic E-state index is 13.5. The number of nitrogens with zero attached hydrogens (tertiary/aromatic N) is 4. The van der Waals surface area contributed by atoms with E-state index in [-0.39, 0.29) is 11.4 Å². The van der Waals surface area contributed by atoms with Crippen LogP contribution in [0.15, 0.2) is 84.0 Å². The number of nitro groups is 1. The number of carbonyl (C=O) groups is 1. The number of hydrogen-bond acceptors (Lipinski definition) is 6. The molecule has 0 atom stereocenters. The van der Waals surface area contributed by atoms with Crippen molar-refractivity contribution in [2.45, 2.75) is 11.6 Å². The summed E-state index contributed by atoms with van der Waals surface area (Å²) in [4.78, 5) is 22.5. The van der Waals surface area contributed by atoms with E-state index in [0.717, 1.165) is 29.2 Å². The predicted molar refractivity (Wildman–Crippen MR) is 123 cm³/mol. The number of amides is 1. The molecule has 0 fully saturated rings. The Labute approximate surface area is 192 Å². The Hall–Kier alpha value is -4.05. The van der Waals surface area contributed by atoms with Gasteiger partial charge in [0.2, 0.25) is 11.7 Å². The Kier molecular flexibility index (Phi) is 6.75. The first kappa shape index (κ1) is 22.2. The normalized spacial score (nSPS) is 10.7. The maximum Gasteiger partial charge on any atom is 0.306 e. The minimum Gasteiger partial charge on any atom is -0.325 e. The van der Waals surface area contributed by atoms with Crippen molar-refractivity contribution in [2.24, 2.45) is 0 Å². The summed E-state index contributed by atoms with van der Waals surface area (Å²) in [5, 5.41) is 22.6. The van der Waals surface area contributed by atoms with Crippen molar-refractivity contribution in [3.8, 4) is 5.69 Å². The van der Waals surface area contributed by atoms with Gasteiger partial charge in [-0.2, -0.15) is 4.39 Å². The first-order valence-corrected chi connectivity index (χ1v) is 10.9. The van der Waals surface area contributed by atoms with Crippen molar-refractivity contribution in [2.75, 3.05) is 11.1 Å². The number of aromatic nitrogens is 3. The van der Waals surface area contributed by atoms with Gasteiger partial charge in [-0.15, -0.1) is 10.2 Å². The number of rotatable bonds is 8. The van der Waals surface area contributed by atoms with E-state index in [1.54, 1.807) is 0 Å². The quantitative estimate of drug-likeness (QED) is 0.232. The molecule has 8 nitrogen and oxygen atoms in total. The fraction of sp³-hybridized carbons (Fsp3) is 0.0870. The average molecular weight is 463 g/mol. The maximum atomic E-state index is 13.5. The van der Waals surface area contributed by atoms with E-state index in [1.165, 1.54) is 17.8 Å². The Morgan fingerprint density at radius 3 is 2.42 bits per heavy atom. The van der Waals surface area contributed by atoms with E-state index in [2.05, 4.69) is 15.5 Å². The van der Waals surface area contributed by atoms with Crippen LogP contribution >= 0.6 is 11.8 Å². The number of nitrogens with one attached hydrogen (secondary N) is 1. The summed E-state index contributed by atoms with van der Waals surface area (Å²) in [7, 11) is 0. The van der Waals surface area contributed by atoms with E-state index >= 15 is 0 Å². The number of thioether (sulfide) groups is 1. The molecule has 1 aromatic heterocycles. The van der Waals surface area contributed by atoms with Crippen LogP contribution < -0.4 is 5.32 Å². The molecule has 4 rings (SSSR count). The highest BCUT2D eigenvalue weighted by Crippen LogP contribution is 2.25. The third-order valence-corrected chi connectivity index (χ3v) is 5.61. The molecule has 166 valence electrons. The predicted octanol–water partition coefficient (Wildman–Crippen LogP) is 4.64. The smallest absolute Gasteiger partial charge is 0.306 e. The highest BCUT2D eigenvalue weighted by atomic mass is 32.2. The van der Waals surface area contributed by atoms with Crippen LogP contribution in [0.3, 0.4) is 0 Å². The van der Waals surface area contributed by atoms with Crippen LogP contribution in [0.25, 0.3) is 5.69 Å². The molecule has 4 aromatic rings. The van der Waals surface area contributed by atoms with Crippen molar-refractivity contribution in [3.05, 3.63) is 106 Å². The van der Waals surface area contributed by atoms with Crippen LogP contribution in [-0.4, -0.2) is 31.3 Å². The molecule has 10 heteroatoms. The molecular weight excluding hydrogens is 445 g/mol. The number of carbonyl (C=O) groups excluding carboxylic acids is 1. The van der Waals surface area contributed by atoms with Crippen LogP contribution in [0.2, 0.25) is 0 Å². The largest absolute Gasteiger partial charge is 0.325 e. The van der Waals surface area contributed by atoms with Gasteiger partial charge in [0.1, 0.15) is 5.82 Å². The fourth-order valence-corrected chi connectivity index (χ4v) is 3.95. The first-order valence-electron chi connectivity index (χ1n) is 9.91. The van der Waals surface area contributed by atoms with Crippen molar-refractivity contribution in [1.29, 1.82) is 0 Å². The highest BCUT2D eigenvalue weighted by molar-refractivity contribution is 7.99. The summed E-state index contributed by atoms with van der Waals surface area (Å²) >= 11 is 1.18. The molecule has 0 spiro atoms. The zero-order valence-corrected chi connectivity index (χ0v) is 18.0. The third-order valence-electron chi connectivity index (χ3n) is 4.68. The molecule has 0 bridgehead atoms. The molecule has 0 radical (unpaired) electrons. The molecule has 1 N–H and O–H groups in total. The van der Waals surface area contributed by atoms with Crippen LogP contribution in [0.1, 0.15) is 11.4 Å². The molecule has 0 saturated heterocycles. The zero-order valence-electron chi connectivity index (χ0n) is 17.2. The second-order valence-electron chi connectivity index (χ2n) is 6.99. The standard InChI is InChI=1S/C23H18FN5O3S/c24-19-12-11-17(14-20(19)29(31)32)25-22(30)15-33-23-27-26-21(13-16-7-3-1-4-8-16)28(23)18-9-5-2-6-10-18/h1-12,14H,13,15H2,(H,25,30). The third kappa shape index (κ3) is 5.42. The SMILES string of the molecule is O=C(CSc1nnc(Cc2ccccc2)n1-c1ccccc1)Nc1ccc(F)c([N+](=O)[O-])c1. The Morgan fingerprint density at radius 1 is 1.03 bits per heavy atom. The van der Waals surface area contributed by atoms with Gasteiger partial charge >= 0.3 is 5.69 Å². The first-order chi connectivity index (χ1) is 16.0. The molecule has 33 heavy (non-hydrogen) atoms. The van der Waals surface area contributed by atoms with Crippen molar-refractivity contribution < 1.29 is 14.1 Å². The topological polar surface area (TPSA) is 103 Å². The lowest BCUT2D eigenvalue weighted by molar-refractivity contribution is -0.387. The molecule has 0 unspecified atom stereocenters.